The van der Waals surface area contributed by atoms with Gasteiger partial charge in [-0.25, -0.2) is 13.1 Å². The van der Waals surface area contributed by atoms with Gasteiger partial charge >= 0.3 is 0 Å². The van der Waals surface area contributed by atoms with Gasteiger partial charge in [0.05, 0.1) is 5.69 Å². The number of hydrogen-bond acceptors (Lipinski definition) is 3. The lowest BCUT2D eigenvalue weighted by Gasteiger charge is -2.11. The number of nitrogens with one attached hydrogen (secondary N) is 2. The number of sulfonamides is 1. The molecule has 0 saturated carbocycles. The van der Waals surface area contributed by atoms with Crippen molar-refractivity contribution in [3.63, 3.8) is 0 Å². The molecular weight excluding hydrogens is 272 g/mol. The van der Waals surface area contributed by atoms with Crippen molar-refractivity contribution in [3.8, 4) is 0 Å². The van der Waals surface area contributed by atoms with Crippen LogP contribution < -0.4 is 10.0 Å². The van der Waals surface area contributed by atoms with Crippen molar-refractivity contribution < 1.29 is 8.42 Å². The van der Waals surface area contributed by atoms with Gasteiger partial charge in [-0.1, -0.05) is 42.5 Å². The molecule has 5 heteroatoms. The summed E-state index contributed by atoms with van der Waals surface area (Å²) in [5.74, 6) is 0. The van der Waals surface area contributed by atoms with Crippen LogP contribution in [-0.2, 0) is 16.4 Å². The van der Waals surface area contributed by atoms with E-state index < -0.39 is 10.0 Å². The standard InChI is InChI=1S/C15H18N2O2S/c1-16-14-9-5-6-10-15(14)20(18,19)17-12-11-13-7-3-2-4-8-13/h2-10,16-17H,11-12H2,1H3. The Bertz CT molecular complexity index is 655. The molecule has 0 aliphatic rings. The summed E-state index contributed by atoms with van der Waals surface area (Å²) in [6.45, 7) is 0.379. The second-order valence-corrected chi connectivity index (χ2v) is 6.11. The van der Waals surface area contributed by atoms with Crippen molar-refractivity contribution in [2.45, 2.75) is 11.3 Å². The Kier molecular flexibility index (Phi) is 4.76. The van der Waals surface area contributed by atoms with Gasteiger partial charge in [-0.3, -0.25) is 0 Å². The molecule has 106 valence electrons. The van der Waals surface area contributed by atoms with E-state index in [1.165, 1.54) is 0 Å². The summed E-state index contributed by atoms with van der Waals surface area (Å²) < 4.78 is 27.1. The quantitative estimate of drug-likeness (QED) is 0.858. The van der Waals surface area contributed by atoms with E-state index in [0.717, 1.165) is 5.56 Å². The molecule has 20 heavy (non-hydrogen) atoms. The minimum atomic E-state index is -3.49. The second kappa shape index (κ2) is 6.54. The molecule has 2 aromatic rings. The number of hydrogen-bond donors (Lipinski definition) is 2. The molecule has 0 fully saturated rings. The van der Waals surface area contributed by atoms with Gasteiger partial charge in [0.25, 0.3) is 0 Å². The Morgan fingerprint density at radius 3 is 2.30 bits per heavy atom. The maximum absolute atomic E-state index is 12.3. The number of benzene rings is 2. The fourth-order valence-corrected chi connectivity index (χ4v) is 3.20. The van der Waals surface area contributed by atoms with Crippen LogP contribution >= 0.6 is 0 Å². The zero-order chi connectivity index (χ0) is 14.4. The lowest BCUT2D eigenvalue weighted by Crippen LogP contribution is -2.26. The van der Waals surface area contributed by atoms with Crippen molar-refractivity contribution in [1.29, 1.82) is 0 Å². The van der Waals surface area contributed by atoms with Gasteiger partial charge in [-0.05, 0) is 24.1 Å². The number of anilines is 1. The lowest BCUT2D eigenvalue weighted by molar-refractivity contribution is 0.582. The average Bonchev–Trinajstić information content (AvgIpc) is 2.48. The third kappa shape index (κ3) is 3.59. The topological polar surface area (TPSA) is 58.2 Å². The van der Waals surface area contributed by atoms with Crippen LogP contribution in [0.2, 0.25) is 0 Å². The molecule has 0 aliphatic carbocycles. The molecule has 2 rings (SSSR count). The van der Waals surface area contributed by atoms with E-state index in [2.05, 4.69) is 10.0 Å². The molecule has 0 atom stereocenters. The summed E-state index contributed by atoms with van der Waals surface area (Å²) in [5, 5.41) is 2.89. The molecule has 0 amide bonds. The van der Waals surface area contributed by atoms with Crippen LogP contribution in [0.1, 0.15) is 5.56 Å². The van der Waals surface area contributed by atoms with Crippen LogP contribution in [0.25, 0.3) is 0 Å². The van der Waals surface area contributed by atoms with Crippen LogP contribution in [0.15, 0.2) is 59.5 Å². The van der Waals surface area contributed by atoms with Crippen LogP contribution in [0.4, 0.5) is 5.69 Å². The third-order valence-electron chi connectivity index (χ3n) is 2.99. The highest BCUT2D eigenvalue weighted by Gasteiger charge is 2.16. The monoisotopic (exact) mass is 290 g/mol. The highest BCUT2D eigenvalue weighted by molar-refractivity contribution is 7.89. The van der Waals surface area contributed by atoms with Gasteiger partial charge in [0.1, 0.15) is 4.90 Å². The Morgan fingerprint density at radius 2 is 1.60 bits per heavy atom. The summed E-state index contributed by atoms with van der Waals surface area (Å²) >= 11 is 0. The fourth-order valence-electron chi connectivity index (χ4n) is 1.96. The first-order valence-corrected chi connectivity index (χ1v) is 7.92. The normalized spacial score (nSPS) is 11.2. The third-order valence-corrected chi connectivity index (χ3v) is 4.51. The van der Waals surface area contributed by atoms with Crippen molar-refractivity contribution in [3.05, 3.63) is 60.2 Å². The maximum atomic E-state index is 12.3. The predicted octanol–water partition coefficient (Wildman–Crippen LogP) is 2.25. The first-order valence-electron chi connectivity index (χ1n) is 6.44. The Labute approximate surface area is 119 Å². The lowest BCUT2D eigenvalue weighted by atomic mass is 10.2. The molecule has 0 saturated heterocycles. The summed E-state index contributed by atoms with van der Waals surface area (Å²) in [5.41, 5.74) is 1.71. The Balaban J connectivity index is 2.04. The van der Waals surface area contributed by atoms with Gasteiger partial charge in [0.15, 0.2) is 0 Å². The molecule has 0 unspecified atom stereocenters. The fraction of sp³-hybridized carbons (Fsp3) is 0.200. The van der Waals surface area contributed by atoms with E-state index in [-0.39, 0.29) is 4.90 Å². The Hall–Kier alpha value is -1.85. The van der Waals surface area contributed by atoms with Crippen LogP contribution in [0.3, 0.4) is 0 Å². The highest BCUT2D eigenvalue weighted by atomic mass is 32.2. The van der Waals surface area contributed by atoms with Crippen molar-refractivity contribution in [1.82, 2.24) is 4.72 Å². The molecule has 0 spiro atoms. The zero-order valence-electron chi connectivity index (χ0n) is 11.3. The highest BCUT2D eigenvalue weighted by Crippen LogP contribution is 2.19. The molecule has 0 heterocycles. The van der Waals surface area contributed by atoms with Gasteiger partial charge in [-0.15, -0.1) is 0 Å². The molecule has 4 nitrogen and oxygen atoms in total. The predicted molar refractivity (Wildman–Crippen MR) is 81.3 cm³/mol. The van der Waals surface area contributed by atoms with Gasteiger partial charge in [0, 0.05) is 13.6 Å². The van der Waals surface area contributed by atoms with Crippen LogP contribution in [-0.4, -0.2) is 22.0 Å². The Morgan fingerprint density at radius 1 is 0.950 bits per heavy atom. The zero-order valence-corrected chi connectivity index (χ0v) is 12.2. The molecule has 2 N–H and O–H groups in total. The van der Waals surface area contributed by atoms with Gasteiger partial charge in [0.2, 0.25) is 10.0 Å². The van der Waals surface area contributed by atoms with E-state index in [4.69, 9.17) is 0 Å². The van der Waals surface area contributed by atoms with E-state index in [1.807, 2.05) is 30.3 Å². The summed E-state index contributed by atoms with van der Waals surface area (Å²) in [6.07, 6.45) is 0.668. The molecular formula is C15H18N2O2S. The summed E-state index contributed by atoms with van der Waals surface area (Å²) in [4.78, 5) is 0.274. The average molecular weight is 290 g/mol. The molecule has 2 aromatic carbocycles. The van der Waals surface area contributed by atoms with E-state index in [9.17, 15) is 8.42 Å². The van der Waals surface area contributed by atoms with Crippen LogP contribution in [0, 0.1) is 0 Å². The smallest absolute Gasteiger partial charge is 0.242 e. The minimum absolute atomic E-state index is 0.274. The second-order valence-electron chi connectivity index (χ2n) is 4.38. The maximum Gasteiger partial charge on any atom is 0.242 e. The van der Waals surface area contributed by atoms with Crippen LogP contribution in [0.5, 0.6) is 0 Å². The van der Waals surface area contributed by atoms with Crippen molar-refractivity contribution in [2.24, 2.45) is 0 Å². The first kappa shape index (κ1) is 14.6. The first-order chi connectivity index (χ1) is 9.63. The minimum Gasteiger partial charge on any atom is -0.387 e. The SMILES string of the molecule is CNc1ccccc1S(=O)(=O)NCCc1ccccc1. The number of rotatable bonds is 6. The molecule has 0 bridgehead atoms. The molecule has 0 aromatic heterocycles. The van der Waals surface area contributed by atoms with Gasteiger partial charge in [-0.2, -0.15) is 0 Å². The largest absolute Gasteiger partial charge is 0.387 e. The van der Waals surface area contributed by atoms with Gasteiger partial charge < -0.3 is 5.32 Å². The van der Waals surface area contributed by atoms with E-state index in [0.29, 0.717) is 18.7 Å². The molecule has 0 aliphatic heterocycles. The van der Waals surface area contributed by atoms with E-state index in [1.54, 1.807) is 31.3 Å². The van der Waals surface area contributed by atoms with Crippen molar-refractivity contribution >= 4 is 15.7 Å². The number of para-hydroxylation sites is 1. The summed E-state index contributed by atoms with van der Waals surface area (Å²) in [7, 11) is -1.78. The summed E-state index contributed by atoms with van der Waals surface area (Å²) in [6, 6.07) is 16.6. The van der Waals surface area contributed by atoms with E-state index >= 15 is 0 Å². The molecule has 0 radical (unpaired) electrons. The van der Waals surface area contributed by atoms with Crippen molar-refractivity contribution in [2.75, 3.05) is 18.9 Å².